The highest BCUT2D eigenvalue weighted by Crippen LogP contribution is 2.35. The zero-order chi connectivity index (χ0) is 14.0. The van der Waals surface area contributed by atoms with E-state index in [0.29, 0.717) is 16.0 Å². The molecular weight excluding hydrogens is 377 g/mol. The van der Waals surface area contributed by atoms with Crippen molar-refractivity contribution >= 4 is 31.9 Å². The first kappa shape index (κ1) is 14.5. The Labute approximate surface area is 128 Å². The zero-order valence-electron chi connectivity index (χ0n) is 10.2. The van der Waals surface area contributed by atoms with Crippen molar-refractivity contribution in [3.8, 4) is 11.5 Å². The first-order valence-electron chi connectivity index (χ1n) is 5.65. The topological polar surface area (TPSA) is 35.2 Å². The zero-order valence-corrected chi connectivity index (χ0v) is 13.3. The summed E-state index contributed by atoms with van der Waals surface area (Å²) in [6.45, 7) is 1.92. The van der Waals surface area contributed by atoms with Crippen LogP contribution < -0.4 is 10.5 Å². The molecule has 0 amide bonds. The Kier molecular flexibility index (Phi) is 4.60. The van der Waals surface area contributed by atoms with Gasteiger partial charge in [-0.25, -0.2) is 4.39 Å². The van der Waals surface area contributed by atoms with Gasteiger partial charge in [0.1, 0.15) is 17.3 Å². The van der Waals surface area contributed by atoms with E-state index in [4.69, 9.17) is 10.5 Å². The van der Waals surface area contributed by atoms with Crippen LogP contribution in [-0.2, 0) is 0 Å². The van der Waals surface area contributed by atoms with E-state index in [1.807, 2.05) is 25.1 Å². The van der Waals surface area contributed by atoms with Crippen LogP contribution in [0.15, 0.2) is 45.3 Å². The molecule has 0 aromatic heterocycles. The fourth-order valence-corrected chi connectivity index (χ4v) is 2.47. The Balaban J connectivity index is 2.28. The third kappa shape index (κ3) is 3.55. The second kappa shape index (κ2) is 6.03. The molecule has 0 heterocycles. The second-order valence-corrected chi connectivity index (χ2v) is 5.86. The number of nitrogens with two attached hydrogens (primary N) is 1. The van der Waals surface area contributed by atoms with Gasteiger partial charge >= 0.3 is 0 Å². The van der Waals surface area contributed by atoms with Gasteiger partial charge < -0.3 is 10.5 Å². The van der Waals surface area contributed by atoms with Crippen LogP contribution in [-0.4, -0.2) is 0 Å². The Morgan fingerprint density at radius 1 is 1.05 bits per heavy atom. The van der Waals surface area contributed by atoms with Crippen molar-refractivity contribution in [2.45, 2.75) is 13.0 Å². The molecule has 0 aliphatic heterocycles. The molecule has 2 rings (SSSR count). The van der Waals surface area contributed by atoms with Crippen molar-refractivity contribution in [3.63, 3.8) is 0 Å². The molecule has 2 aromatic carbocycles. The third-order valence-corrected chi connectivity index (χ3v) is 3.83. The number of benzene rings is 2. The van der Waals surface area contributed by atoms with E-state index in [-0.39, 0.29) is 11.9 Å². The van der Waals surface area contributed by atoms with Crippen LogP contribution in [0.3, 0.4) is 0 Å². The Hall–Kier alpha value is -0.910. The van der Waals surface area contributed by atoms with Gasteiger partial charge in [0, 0.05) is 6.04 Å². The van der Waals surface area contributed by atoms with Gasteiger partial charge in [0.2, 0.25) is 0 Å². The average molecular weight is 389 g/mol. The lowest BCUT2D eigenvalue weighted by molar-refractivity contribution is 0.474. The fraction of sp³-hybridized carbons (Fsp3) is 0.143. The molecule has 0 saturated carbocycles. The Morgan fingerprint density at radius 2 is 1.63 bits per heavy atom. The lowest BCUT2D eigenvalue weighted by atomic mass is 10.1. The summed E-state index contributed by atoms with van der Waals surface area (Å²) in [5, 5.41) is 0. The molecular formula is C14H12Br2FNO. The monoisotopic (exact) mass is 387 g/mol. The summed E-state index contributed by atoms with van der Waals surface area (Å²) in [6, 6.07) is 9.90. The van der Waals surface area contributed by atoms with E-state index in [9.17, 15) is 4.39 Å². The van der Waals surface area contributed by atoms with Gasteiger partial charge in [-0.3, -0.25) is 0 Å². The lowest BCUT2D eigenvalue weighted by Crippen LogP contribution is -2.04. The molecule has 0 bridgehead atoms. The van der Waals surface area contributed by atoms with Crippen LogP contribution in [0.4, 0.5) is 4.39 Å². The molecule has 100 valence electrons. The molecule has 0 radical (unpaired) electrons. The highest BCUT2D eigenvalue weighted by molar-refractivity contribution is 9.11. The quantitative estimate of drug-likeness (QED) is 0.787. The lowest BCUT2D eigenvalue weighted by Gasteiger charge is -2.12. The molecule has 0 fully saturated rings. The molecule has 2 nitrogen and oxygen atoms in total. The van der Waals surface area contributed by atoms with E-state index in [2.05, 4.69) is 31.9 Å². The van der Waals surface area contributed by atoms with Gasteiger partial charge in [-0.15, -0.1) is 0 Å². The summed E-state index contributed by atoms with van der Waals surface area (Å²) in [5.74, 6) is 0.887. The van der Waals surface area contributed by atoms with Crippen LogP contribution in [0.25, 0.3) is 0 Å². The van der Waals surface area contributed by atoms with Crippen molar-refractivity contribution in [3.05, 3.63) is 56.7 Å². The molecule has 1 atom stereocenters. The largest absolute Gasteiger partial charge is 0.455 e. The van der Waals surface area contributed by atoms with Gasteiger partial charge in [-0.2, -0.15) is 0 Å². The van der Waals surface area contributed by atoms with Crippen LogP contribution in [0, 0.1) is 5.82 Å². The highest BCUT2D eigenvalue weighted by Gasteiger charge is 2.09. The molecule has 5 heteroatoms. The standard InChI is InChI=1S/C14H12Br2FNO/c1-8(18)9-2-4-13(11(15)6-9)19-14-5-3-10(17)7-12(14)16/h2-8H,18H2,1H3/t8-/m1/s1. The van der Waals surface area contributed by atoms with E-state index in [1.165, 1.54) is 12.1 Å². The molecule has 2 N–H and O–H groups in total. The van der Waals surface area contributed by atoms with Crippen molar-refractivity contribution in [2.24, 2.45) is 5.73 Å². The Morgan fingerprint density at radius 3 is 2.16 bits per heavy atom. The summed E-state index contributed by atoms with van der Waals surface area (Å²) in [6.07, 6.45) is 0. The molecule has 0 aliphatic rings. The molecule has 0 saturated heterocycles. The van der Waals surface area contributed by atoms with Gasteiger partial charge in [-0.05, 0) is 74.7 Å². The predicted molar refractivity (Wildman–Crippen MR) is 80.9 cm³/mol. The minimum Gasteiger partial charge on any atom is -0.455 e. The third-order valence-electron chi connectivity index (χ3n) is 2.60. The van der Waals surface area contributed by atoms with E-state index in [0.717, 1.165) is 10.0 Å². The second-order valence-electron chi connectivity index (χ2n) is 4.16. The van der Waals surface area contributed by atoms with Crippen molar-refractivity contribution < 1.29 is 9.13 Å². The van der Waals surface area contributed by atoms with Crippen LogP contribution >= 0.6 is 31.9 Å². The van der Waals surface area contributed by atoms with Crippen molar-refractivity contribution in [2.75, 3.05) is 0 Å². The number of halogens is 3. The van der Waals surface area contributed by atoms with Crippen LogP contribution in [0.5, 0.6) is 11.5 Å². The van der Waals surface area contributed by atoms with Crippen molar-refractivity contribution in [1.82, 2.24) is 0 Å². The van der Waals surface area contributed by atoms with E-state index < -0.39 is 0 Å². The summed E-state index contributed by atoms with van der Waals surface area (Å²) in [4.78, 5) is 0. The molecule has 0 unspecified atom stereocenters. The minimum atomic E-state index is -0.314. The maximum atomic E-state index is 13.0. The summed E-state index contributed by atoms with van der Waals surface area (Å²) >= 11 is 6.71. The number of rotatable bonds is 3. The molecule has 2 aromatic rings. The van der Waals surface area contributed by atoms with Crippen molar-refractivity contribution in [1.29, 1.82) is 0 Å². The van der Waals surface area contributed by atoms with Gasteiger partial charge in [-0.1, -0.05) is 6.07 Å². The summed E-state index contributed by atoms with van der Waals surface area (Å²) in [7, 11) is 0. The van der Waals surface area contributed by atoms with E-state index in [1.54, 1.807) is 6.07 Å². The van der Waals surface area contributed by atoms with Crippen LogP contribution in [0.1, 0.15) is 18.5 Å². The van der Waals surface area contributed by atoms with Crippen LogP contribution in [0.2, 0.25) is 0 Å². The fourth-order valence-electron chi connectivity index (χ4n) is 1.56. The number of ether oxygens (including phenoxy) is 1. The van der Waals surface area contributed by atoms with Gasteiger partial charge in [0.25, 0.3) is 0 Å². The maximum Gasteiger partial charge on any atom is 0.141 e. The molecule has 0 aliphatic carbocycles. The number of hydrogen-bond acceptors (Lipinski definition) is 2. The minimum absolute atomic E-state index is 0.0390. The number of hydrogen-bond donors (Lipinski definition) is 1. The maximum absolute atomic E-state index is 13.0. The Bertz CT molecular complexity index is 602. The molecule has 0 spiro atoms. The molecule has 19 heavy (non-hydrogen) atoms. The average Bonchev–Trinajstić information content (AvgIpc) is 2.34. The SMILES string of the molecule is C[C@@H](N)c1ccc(Oc2ccc(F)cc2Br)c(Br)c1. The van der Waals surface area contributed by atoms with E-state index >= 15 is 0 Å². The first-order chi connectivity index (χ1) is 8.97. The van der Waals surface area contributed by atoms with Gasteiger partial charge in [0.05, 0.1) is 8.95 Å². The smallest absolute Gasteiger partial charge is 0.141 e. The predicted octanol–water partition coefficient (Wildman–Crippen LogP) is 5.16. The summed E-state index contributed by atoms with van der Waals surface area (Å²) < 4.78 is 20.1. The van der Waals surface area contributed by atoms with Gasteiger partial charge in [0.15, 0.2) is 0 Å². The highest BCUT2D eigenvalue weighted by atomic mass is 79.9. The summed E-state index contributed by atoms with van der Waals surface area (Å²) in [5.41, 5.74) is 6.83. The first-order valence-corrected chi connectivity index (χ1v) is 7.24. The normalized spacial score (nSPS) is 12.3.